The Kier molecular flexibility index (Phi) is 4.93. The van der Waals surface area contributed by atoms with E-state index in [9.17, 15) is 0 Å². The average molecular weight is 275 g/mol. The fourth-order valence-corrected chi connectivity index (χ4v) is 2.55. The van der Waals surface area contributed by atoms with Crippen molar-refractivity contribution >= 4 is 17.0 Å². The number of hydrogen-bond acceptors (Lipinski definition) is 4. The molecule has 0 aliphatic heterocycles. The van der Waals surface area contributed by atoms with Crippen molar-refractivity contribution in [3.63, 3.8) is 0 Å². The molecule has 2 rings (SSSR count). The molecule has 1 heterocycles. The van der Waals surface area contributed by atoms with Crippen molar-refractivity contribution in [1.82, 2.24) is 10.3 Å². The van der Waals surface area contributed by atoms with Crippen LogP contribution in [0.1, 0.15) is 24.2 Å². The fraction of sp³-hybridized carbons (Fsp3) is 0.400. The Morgan fingerprint density at radius 1 is 1.26 bits per heavy atom. The molecule has 0 aliphatic carbocycles. The standard InChI is InChI=1S/C15H21N3S/c1-12(16-9-8-14-10-19-11-17-14)13-4-6-15(7-5-13)18(2)3/h4-7,10-12,16H,8-9H2,1-3H3. The van der Waals surface area contributed by atoms with Crippen LogP contribution in [0.5, 0.6) is 0 Å². The first kappa shape index (κ1) is 14.0. The van der Waals surface area contributed by atoms with Crippen LogP contribution in [0.4, 0.5) is 5.69 Å². The minimum atomic E-state index is 0.370. The molecular weight excluding hydrogens is 254 g/mol. The molecule has 2 aromatic rings. The summed E-state index contributed by atoms with van der Waals surface area (Å²) in [6.07, 6.45) is 0.990. The number of thiazole rings is 1. The van der Waals surface area contributed by atoms with E-state index in [-0.39, 0.29) is 0 Å². The Morgan fingerprint density at radius 2 is 2.00 bits per heavy atom. The summed E-state index contributed by atoms with van der Waals surface area (Å²) < 4.78 is 0. The number of nitrogens with one attached hydrogen (secondary N) is 1. The van der Waals surface area contributed by atoms with Crippen LogP contribution in [0.3, 0.4) is 0 Å². The van der Waals surface area contributed by atoms with E-state index in [0.29, 0.717) is 6.04 Å². The Bertz CT molecular complexity index is 477. The second kappa shape index (κ2) is 6.68. The maximum atomic E-state index is 4.29. The third kappa shape index (κ3) is 4.04. The van der Waals surface area contributed by atoms with Crippen molar-refractivity contribution in [2.45, 2.75) is 19.4 Å². The van der Waals surface area contributed by atoms with Crippen molar-refractivity contribution < 1.29 is 0 Å². The van der Waals surface area contributed by atoms with Gasteiger partial charge in [-0.1, -0.05) is 12.1 Å². The quantitative estimate of drug-likeness (QED) is 0.878. The summed E-state index contributed by atoms with van der Waals surface area (Å²) in [4.78, 5) is 6.41. The molecule has 102 valence electrons. The van der Waals surface area contributed by atoms with Crippen LogP contribution in [0.15, 0.2) is 35.2 Å². The van der Waals surface area contributed by atoms with Gasteiger partial charge in [-0.15, -0.1) is 11.3 Å². The largest absolute Gasteiger partial charge is 0.378 e. The van der Waals surface area contributed by atoms with Crippen LogP contribution in [-0.4, -0.2) is 25.6 Å². The smallest absolute Gasteiger partial charge is 0.0794 e. The van der Waals surface area contributed by atoms with Crippen LogP contribution in [0.25, 0.3) is 0 Å². The Balaban J connectivity index is 1.83. The number of rotatable bonds is 6. The van der Waals surface area contributed by atoms with Gasteiger partial charge in [-0.05, 0) is 24.6 Å². The van der Waals surface area contributed by atoms with Crippen LogP contribution in [-0.2, 0) is 6.42 Å². The molecule has 0 radical (unpaired) electrons. The van der Waals surface area contributed by atoms with Gasteiger partial charge in [0.15, 0.2) is 0 Å². The molecule has 3 nitrogen and oxygen atoms in total. The second-order valence-electron chi connectivity index (χ2n) is 4.89. The Morgan fingerprint density at radius 3 is 2.58 bits per heavy atom. The van der Waals surface area contributed by atoms with E-state index < -0.39 is 0 Å². The van der Waals surface area contributed by atoms with E-state index in [4.69, 9.17) is 0 Å². The number of anilines is 1. The Hall–Kier alpha value is -1.39. The minimum Gasteiger partial charge on any atom is -0.378 e. The summed E-state index contributed by atoms with van der Waals surface area (Å²) in [6, 6.07) is 9.07. The highest BCUT2D eigenvalue weighted by Crippen LogP contribution is 2.17. The summed E-state index contributed by atoms with van der Waals surface area (Å²) in [5, 5.41) is 5.65. The third-order valence-electron chi connectivity index (χ3n) is 3.22. The van der Waals surface area contributed by atoms with E-state index in [1.165, 1.54) is 16.9 Å². The second-order valence-corrected chi connectivity index (χ2v) is 5.61. The predicted molar refractivity (Wildman–Crippen MR) is 83.0 cm³/mol. The monoisotopic (exact) mass is 275 g/mol. The first-order valence-corrected chi connectivity index (χ1v) is 7.49. The summed E-state index contributed by atoms with van der Waals surface area (Å²) in [6.45, 7) is 3.16. The molecule has 1 atom stereocenters. The highest BCUT2D eigenvalue weighted by atomic mass is 32.1. The van der Waals surface area contributed by atoms with Crippen LogP contribution < -0.4 is 10.2 Å². The molecule has 19 heavy (non-hydrogen) atoms. The highest BCUT2D eigenvalue weighted by molar-refractivity contribution is 7.07. The molecule has 0 amide bonds. The van der Waals surface area contributed by atoms with E-state index >= 15 is 0 Å². The molecule has 0 saturated heterocycles. The van der Waals surface area contributed by atoms with Crippen LogP contribution >= 0.6 is 11.3 Å². The number of benzene rings is 1. The first-order valence-electron chi connectivity index (χ1n) is 6.54. The van der Waals surface area contributed by atoms with Crippen LogP contribution in [0, 0.1) is 0 Å². The lowest BCUT2D eigenvalue weighted by Gasteiger charge is -2.16. The van der Waals surface area contributed by atoms with Gasteiger partial charge in [-0.3, -0.25) is 0 Å². The van der Waals surface area contributed by atoms with Gasteiger partial charge < -0.3 is 10.2 Å². The maximum Gasteiger partial charge on any atom is 0.0794 e. The number of hydrogen-bond donors (Lipinski definition) is 1. The van der Waals surface area contributed by atoms with Crippen molar-refractivity contribution in [1.29, 1.82) is 0 Å². The minimum absolute atomic E-state index is 0.370. The van der Waals surface area contributed by atoms with E-state index in [0.717, 1.165) is 13.0 Å². The highest BCUT2D eigenvalue weighted by Gasteiger charge is 2.05. The van der Waals surface area contributed by atoms with Crippen LogP contribution in [0.2, 0.25) is 0 Å². The summed E-state index contributed by atoms with van der Waals surface area (Å²) in [5.41, 5.74) is 5.62. The van der Waals surface area contributed by atoms with E-state index in [1.807, 2.05) is 5.51 Å². The SMILES string of the molecule is CC(NCCc1cscn1)c1ccc(N(C)C)cc1. The summed E-state index contributed by atoms with van der Waals surface area (Å²) >= 11 is 1.66. The molecule has 1 aromatic heterocycles. The summed E-state index contributed by atoms with van der Waals surface area (Å²) in [5.74, 6) is 0. The van der Waals surface area contributed by atoms with Gasteiger partial charge in [-0.2, -0.15) is 0 Å². The molecule has 1 unspecified atom stereocenters. The van der Waals surface area contributed by atoms with Gasteiger partial charge in [-0.25, -0.2) is 4.98 Å². The maximum absolute atomic E-state index is 4.29. The zero-order valence-corrected chi connectivity index (χ0v) is 12.6. The predicted octanol–water partition coefficient (Wildman–Crippen LogP) is 3.10. The van der Waals surface area contributed by atoms with Gasteiger partial charge in [0.25, 0.3) is 0 Å². The third-order valence-corrected chi connectivity index (χ3v) is 3.86. The van der Waals surface area contributed by atoms with Crippen molar-refractivity contribution in [3.05, 3.63) is 46.4 Å². The molecule has 0 fully saturated rings. The molecule has 0 aliphatic rings. The molecule has 1 N–H and O–H groups in total. The fourth-order valence-electron chi connectivity index (χ4n) is 1.96. The van der Waals surface area contributed by atoms with E-state index in [1.54, 1.807) is 11.3 Å². The molecule has 1 aromatic carbocycles. The van der Waals surface area contributed by atoms with Crippen molar-refractivity contribution in [3.8, 4) is 0 Å². The van der Waals surface area contributed by atoms with Gasteiger partial charge >= 0.3 is 0 Å². The lowest BCUT2D eigenvalue weighted by Crippen LogP contribution is -2.21. The van der Waals surface area contributed by atoms with E-state index in [2.05, 4.69) is 65.9 Å². The molecule has 0 bridgehead atoms. The normalized spacial score (nSPS) is 12.4. The van der Waals surface area contributed by atoms with Gasteiger partial charge in [0.1, 0.15) is 0 Å². The topological polar surface area (TPSA) is 28.2 Å². The lowest BCUT2D eigenvalue weighted by atomic mass is 10.1. The molecule has 4 heteroatoms. The Labute approximate surface area is 119 Å². The zero-order chi connectivity index (χ0) is 13.7. The molecule has 0 saturated carbocycles. The number of aromatic nitrogens is 1. The zero-order valence-electron chi connectivity index (χ0n) is 11.8. The van der Waals surface area contributed by atoms with Crippen molar-refractivity contribution in [2.75, 3.05) is 25.5 Å². The lowest BCUT2D eigenvalue weighted by molar-refractivity contribution is 0.574. The van der Waals surface area contributed by atoms with Gasteiger partial charge in [0, 0.05) is 44.2 Å². The summed E-state index contributed by atoms with van der Waals surface area (Å²) in [7, 11) is 4.12. The number of nitrogens with zero attached hydrogens (tertiary/aromatic N) is 2. The van der Waals surface area contributed by atoms with Crippen molar-refractivity contribution in [2.24, 2.45) is 0 Å². The molecule has 0 spiro atoms. The van der Waals surface area contributed by atoms with Gasteiger partial charge in [0.05, 0.1) is 11.2 Å². The average Bonchev–Trinajstić information content (AvgIpc) is 2.92. The first-order chi connectivity index (χ1) is 9.16. The van der Waals surface area contributed by atoms with Gasteiger partial charge in [0.2, 0.25) is 0 Å². The molecular formula is C15H21N3S.